The number of hydrogen-bond donors (Lipinski definition) is 2. The summed E-state index contributed by atoms with van der Waals surface area (Å²) in [5.41, 5.74) is 0.413. The van der Waals surface area contributed by atoms with Crippen LogP contribution in [0.4, 0.5) is 9.59 Å². The number of unbranched alkanes of at least 4 members (excludes halogenated alkanes) is 1. The Morgan fingerprint density at radius 3 is 1.87 bits per heavy atom. The average molecular weight is 453 g/mol. The standard InChI is InChI=1S/C22H26Cl2N2O4/c1-3-4-13-22(2,25-20(27)28)30-21(29)26(14-16-5-9-18(23)10-6-16)15-17-7-11-19(24)12-8-17/h5-12,25H,3-4,13-15H2,1-2H3,(H,27,28)/t22-/m0/s1. The Labute approximate surface area is 186 Å². The summed E-state index contributed by atoms with van der Waals surface area (Å²) in [5.74, 6) is 0. The molecule has 2 N–H and O–H groups in total. The molecule has 0 aromatic heterocycles. The zero-order valence-electron chi connectivity index (χ0n) is 17.0. The highest BCUT2D eigenvalue weighted by Crippen LogP contribution is 2.21. The molecule has 0 aliphatic rings. The maximum absolute atomic E-state index is 13.1. The summed E-state index contributed by atoms with van der Waals surface area (Å²) in [6.07, 6.45) is 0.0549. The van der Waals surface area contributed by atoms with Crippen LogP contribution in [0.5, 0.6) is 0 Å². The van der Waals surface area contributed by atoms with Crippen LogP contribution in [0.1, 0.15) is 44.2 Å². The third-order valence-electron chi connectivity index (χ3n) is 4.52. The van der Waals surface area contributed by atoms with E-state index in [1.807, 2.05) is 31.2 Å². The number of rotatable bonds is 9. The molecule has 2 rings (SSSR count). The summed E-state index contributed by atoms with van der Waals surface area (Å²) in [5, 5.41) is 12.7. The number of ether oxygens (including phenoxy) is 1. The number of carbonyl (C=O) groups is 2. The minimum absolute atomic E-state index is 0.273. The summed E-state index contributed by atoms with van der Waals surface area (Å²) >= 11 is 11.9. The topological polar surface area (TPSA) is 78.9 Å². The first kappa shape index (κ1) is 23.8. The average Bonchev–Trinajstić information content (AvgIpc) is 2.68. The monoisotopic (exact) mass is 452 g/mol. The van der Waals surface area contributed by atoms with Crippen LogP contribution in [-0.2, 0) is 17.8 Å². The van der Waals surface area contributed by atoms with Crippen molar-refractivity contribution in [2.45, 2.75) is 51.9 Å². The van der Waals surface area contributed by atoms with Crippen molar-refractivity contribution in [3.63, 3.8) is 0 Å². The van der Waals surface area contributed by atoms with Gasteiger partial charge in [-0.1, -0.05) is 60.8 Å². The Hall–Kier alpha value is -2.44. The van der Waals surface area contributed by atoms with Crippen molar-refractivity contribution in [2.24, 2.45) is 0 Å². The van der Waals surface area contributed by atoms with Gasteiger partial charge in [0.2, 0.25) is 0 Å². The van der Waals surface area contributed by atoms with Crippen LogP contribution in [0, 0.1) is 0 Å². The summed E-state index contributed by atoms with van der Waals surface area (Å²) in [6.45, 7) is 4.10. The molecule has 0 heterocycles. The lowest BCUT2D eigenvalue weighted by Crippen LogP contribution is -2.51. The lowest BCUT2D eigenvalue weighted by molar-refractivity contribution is -0.0255. The van der Waals surface area contributed by atoms with Gasteiger partial charge >= 0.3 is 12.2 Å². The van der Waals surface area contributed by atoms with Crippen molar-refractivity contribution in [2.75, 3.05) is 0 Å². The van der Waals surface area contributed by atoms with Gasteiger partial charge in [-0.05, 0) is 48.7 Å². The Kier molecular flexibility index (Phi) is 8.81. The van der Waals surface area contributed by atoms with Crippen LogP contribution in [0.15, 0.2) is 48.5 Å². The van der Waals surface area contributed by atoms with Crippen molar-refractivity contribution >= 4 is 35.4 Å². The molecule has 0 spiro atoms. The van der Waals surface area contributed by atoms with Gasteiger partial charge in [-0.3, -0.25) is 10.2 Å². The van der Waals surface area contributed by atoms with Gasteiger partial charge in [0.25, 0.3) is 0 Å². The molecular weight excluding hydrogens is 427 g/mol. The molecular formula is C22H26Cl2N2O4. The highest BCUT2D eigenvalue weighted by Gasteiger charge is 2.32. The Morgan fingerprint density at radius 1 is 1.00 bits per heavy atom. The normalized spacial score (nSPS) is 12.7. The maximum atomic E-state index is 13.1. The van der Waals surface area contributed by atoms with Crippen LogP contribution in [0.3, 0.4) is 0 Å². The second-order valence-corrected chi connectivity index (χ2v) is 8.11. The number of amides is 2. The number of nitrogens with zero attached hydrogens (tertiary/aromatic N) is 1. The fourth-order valence-corrected chi connectivity index (χ4v) is 3.19. The number of carboxylic acid groups (broad SMARTS) is 1. The largest absolute Gasteiger partial charge is 0.465 e. The van der Waals surface area contributed by atoms with Crippen LogP contribution in [0.2, 0.25) is 10.0 Å². The molecule has 1 atom stereocenters. The lowest BCUT2D eigenvalue weighted by atomic mass is 10.1. The van der Waals surface area contributed by atoms with Gasteiger partial charge in [0, 0.05) is 29.6 Å². The van der Waals surface area contributed by atoms with E-state index in [0.29, 0.717) is 22.9 Å². The van der Waals surface area contributed by atoms with Crippen molar-refractivity contribution < 1.29 is 19.4 Å². The predicted molar refractivity (Wildman–Crippen MR) is 118 cm³/mol. The first-order valence-corrected chi connectivity index (χ1v) is 10.4. The molecule has 0 unspecified atom stereocenters. The van der Waals surface area contributed by atoms with Crippen LogP contribution in [-0.4, -0.2) is 27.9 Å². The van der Waals surface area contributed by atoms with E-state index in [9.17, 15) is 14.7 Å². The van der Waals surface area contributed by atoms with Crippen LogP contribution in [0.25, 0.3) is 0 Å². The Bertz CT molecular complexity index is 796. The molecule has 0 aliphatic carbocycles. The lowest BCUT2D eigenvalue weighted by Gasteiger charge is -2.32. The molecule has 6 nitrogen and oxygen atoms in total. The summed E-state index contributed by atoms with van der Waals surface area (Å²) in [4.78, 5) is 25.8. The van der Waals surface area contributed by atoms with E-state index in [0.717, 1.165) is 17.5 Å². The summed E-state index contributed by atoms with van der Waals surface area (Å²) in [7, 11) is 0. The molecule has 0 fully saturated rings. The first-order chi connectivity index (χ1) is 14.2. The zero-order chi connectivity index (χ0) is 22.1. The van der Waals surface area contributed by atoms with Gasteiger partial charge in [-0.25, -0.2) is 9.59 Å². The van der Waals surface area contributed by atoms with Crippen molar-refractivity contribution in [3.8, 4) is 0 Å². The van der Waals surface area contributed by atoms with E-state index < -0.39 is 17.9 Å². The predicted octanol–water partition coefficient (Wildman–Crippen LogP) is 6.31. The van der Waals surface area contributed by atoms with E-state index >= 15 is 0 Å². The third kappa shape index (κ3) is 7.76. The Morgan fingerprint density at radius 2 is 1.47 bits per heavy atom. The number of benzene rings is 2. The van der Waals surface area contributed by atoms with Crippen molar-refractivity contribution in [1.29, 1.82) is 0 Å². The highest BCUT2D eigenvalue weighted by atomic mass is 35.5. The number of hydrogen-bond acceptors (Lipinski definition) is 3. The Balaban J connectivity index is 2.23. The number of carbonyl (C=O) groups excluding carboxylic acids is 1. The van der Waals surface area contributed by atoms with E-state index in [1.54, 1.807) is 31.2 Å². The minimum atomic E-state index is -1.32. The van der Waals surface area contributed by atoms with E-state index in [2.05, 4.69) is 5.32 Å². The van der Waals surface area contributed by atoms with Crippen molar-refractivity contribution in [1.82, 2.24) is 10.2 Å². The van der Waals surface area contributed by atoms with E-state index in [1.165, 1.54) is 4.90 Å². The van der Waals surface area contributed by atoms with E-state index in [-0.39, 0.29) is 13.1 Å². The molecule has 8 heteroatoms. The molecule has 0 bridgehead atoms. The van der Waals surface area contributed by atoms with Crippen molar-refractivity contribution in [3.05, 3.63) is 69.7 Å². The second-order valence-electron chi connectivity index (χ2n) is 7.24. The smallest absolute Gasteiger partial charge is 0.412 e. The van der Waals surface area contributed by atoms with E-state index in [4.69, 9.17) is 27.9 Å². The fraction of sp³-hybridized carbons (Fsp3) is 0.364. The van der Waals surface area contributed by atoms with Gasteiger partial charge in [-0.2, -0.15) is 0 Å². The second kappa shape index (κ2) is 11.1. The molecule has 2 aromatic rings. The molecule has 0 saturated carbocycles. The first-order valence-electron chi connectivity index (χ1n) is 9.68. The summed E-state index contributed by atoms with van der Waals surface area (Å²) < 4.78 is 5.65. The molecule has 0 aliphatic heterocycles. The molecule has 162 valence electrons. The third-order valence-corrected chi connectivity index (χ3v) is 5.03. The molecule has 2 aromatic carbocycles. The summed E-state index contributed by atoms with van der Waals surface area (Å²) in [6, 6.07) is 14.3. The fourth-order valence-electron chi connectivity index (χ4n) is 2.94. The van der Waals surface area contributed by atoms with Crippen LogP contribution >= 0.6 is 23.2 Å². The maximum Gasteiger partial charge on any atom is 0.412 e. The van der Waals surface area contributed by atoms with Gasteiger partial charge < -0.3 is 9.84 Å². The molecule has 2 amide bonds. The van der Waals surface area contributed by atoms with Gasteiger partial charge in [0.1, 0.15) is 0 Å². The molecule has 0 radical (unpaired) electrons. The quantitative estimate of drug-likeness (QED) is 0.437. The molecule has 30 heavy (non-hydrogen) atoms. The van der Waals surface area contributed by atoms with Crippen LogP contribution < -0.4 is 5.32 Å². The highest BCUT2D eigenvalue weighted by molar-refractivity contribution is 6.30. The zero-order valence-corrected chi connectivity index (χ0v) is 18.5. The van der Waals surface area contributed by atoms with Gasteiger partial charge in [0.05, 0.1) is 0 Å². The van der Waals surface area contributed by atoms with Gasteiger partial charge in [0.15, 0.2) is 5.72 Å². The SMILES string of the molecule is CCCC[C@@](C)(NC(=O)O)OC(=O)N(Cc1ccc(Cl)cc1)Cc1ccc(Cl)cc1. The minimum Gasteiger partial charge on any atom is -0.465 e. The number of nitrogens with one attached hydrogen (secondary N) is 1. The number of halogens is 2. The van der Waals surface area contributed by atoms with Gasteiger partial charge in [-0.15, -0.1) is 0 Å². The molecule has 0 saturated heterocycles.